The first-order chi connectivity index (χ1) is 20.0. The maximum absolute atomic E-state index is 13.2. The summed E-state index contributed by atoms with van der Waals surface area (Å²) in [5.74, 6) is -1.42. The van der Waals surface area contributed by atoms with E-state index in [1.165, 1.54) is 54.1 Å². The van der Waals surface area contributed by atoms with Crippen molar-refractivity contribution in [3.63, 3.8) is 0 Å². The lowest BCUT2D eigenvalue weighted by atomic mass is 9.68. The van der Waals surface area contributed by atoms with E-state index in [2.05, 4.69) is 19.9 Å². The number of fused-ring (bicyclic) bond motifs is 1. The van der Waals surface area contributed by atoms with E-state index >= 15 is 0 Å². The number of non-ortho nitro benzene ring substituents is 2. The minimum absolute atomic E-state index is 0.0352. The summed E-state index contributed by atoms with van der Waals surface area (Å²) in [6.07, 6.45) is 3.75. The van der Waals surface area contributed by atoms with Gasteiger partial charge in [-0.05, 0) is 54.0 Å². The molecule has 0 N–H and O–H groups in total. The third-order valence-electron chi connectivity index (χ3n) is 8.36. The highest BCUT2D eigenvalue weighted by Gasteiger charge is 2.58. The van der Waals surface area contributed by atoms with E-state index in [4.69, 9.17) is 9.47 Å². The lowest BCUT2D eigenvalue weighted by Gasteiger charge is -2.40. The summed E-state index contributed by atoms with van der Waals surface area (Å²) in [6.45, 7) is 4.20. The molecule has 0 amide bonds. The molecule has 2 aliphatic rings. The number of ether oxygens (including phenoxy) is 2. The summed E-state index contributed by atoms with van der Waals surface area (Å²) in [5.41, 5.74) is 1.44. The molecule has 3 aromatic carbocycles. The Labute approximate surface area is 242 Å². The Morgan fingerprint density at radius 1 is 0.762 bits per heavy atom. The van der Waals surface area contributed by atoms with Crippen molar-refractivity contribution in [1.82, 2.24) is 0 Å². The standard InChI is InChI=1S/C32H30N2O8/c1-31(2)17-24-16-27(21-6-4-3-5-7-21)32(28(24)18-31,19-41-29(35)22-8-12-25(13-9-22)33(37)38)20-42-30(36)23-10-14-26(15-11-23)34(39)40/h3-15,17,27-28H,16,18-20H2,1-2H3/t27-,28+/m1/s1. The van der Waals surface area contributed by atoms with Crippen LogP contribution in [0.3, 0.4) is 0 Å². The lowest BCUT2D eigenvalue weighted by molar-refractivity contribution is -0.385. The SMILES string of the molecule is CC1(C)C=C2C[C@H](c3ccccc3)C(COC(=O)c3ccc([N+](=O)[O-])cc3)(COC(=O)c3ccc([N+](=O)[O-])cc3)[C@H]2C1. The van der Waals surface area contributed by atoms with Crippen molar-refractivity contribution in [3.05, 3.63) is 127 Å². The average Bonchev–Trinajstić information content (AvgIpc) is 3.45. The van der Waals surface area contributed by atoms with Crippen LogP contribution < -0.4 is 0 Å². The van der Waals surface area contributed by atoms with Crippen molar-refractivity contribution >= 4 is 23.3 Å². The molecule has 3 aromatic rings. The normalized spacial score (nSPS) is 19.8. The number of esters is 2. The molecule has 0 aliphatic heterocycles. The van der Waals surface area contributed by atoms with E-state index < -0.39 is 27.2 Å². The summed E-state index contributed by atoms with van der Waals surface area (Å²) >= 11 is 0. The third-order valence-corrected chi connectivity index (χ3v) is 8.36. The van der Waals surface area contributed by atoms with Crippen LogP contribution in [0.1, 0.15) is 58.9 Å². The van der Waals surface area contributed by atoms with Gasteiger partial charge in [0.25, 0.3) is 11.4 Å². The number of nitro groups is 2. The maximum Gasteiger partial charge on any atom is 0.338 e. The number of rotatable bonds is 9. The smallest absolute Gasteiger partial charge is 0.338 e. The van der Waals surface area contributed by atoms with Crippen LogP contribution in [-0.2, 0) is 9.47 Å². The summed E-state index contributed by atoms with van der Waals surface area (Å²) < 4.78 is 11.8. The number of hydrogen-bond donors (Lipinski definition) is 0. The quantitative estimate of drug-likeness (QED) is 0.120. The predicted molar refractivity (Wildman–Crippen MR) is 153 cm³/mol. The van der Waals surface area contributed by atoms with Crippen molar-refractivity contribution in [2.75, 3.05) is 13.2 Å². The second kappa shape index (κ2) is 11.2. The first-order valence-electron chi connectivity index (χ1n) is 13.6. The number of benzene rings is 3. The summed E-state index contributed by atoms with van der Waals surface area (Å²) in [4.78, 5) is 47.3. The van der Waals surface area contributed by atoms with Crippen molar-refractivity contribution in [2.45, 2.75) is 32.6 Å². The average molecular weight is 571 g/mol. The Balaban J connectivity index is 1.47. The molecule has 2 aliphatic carbocycles. The van der Waals surface area contributed by atoms with Crippen LogP contribution in [0.15, 0.2) is 90.5 Å². The van der Waals surface area contributed by atoms with E-state index in [1.54, 1.807) is 0 Å². The molecule has 216 valence electrons. The van der Waals surface area contributed by atoms with E-state index in [-0.39, 0.29) is 53.0 Å². The summed E-state index contributed by atoms with van der Waals surface area (Å²) in [5, 5.41) is 22.1. The molecule has 0 radical (unpaired) electrons. The van der Waals surface area contributed by atoms with E-state index in [9.17, 15) is 29.8 Å². The zero-order valence-electron chi connectivity index (χ0n) is 23.2. The molecule has 10 heteroatoms. The fraction of sp³-hybridized carbons (Fsp3) is 0.312. The molecule has 0 unspecified atom stereocenters. The van der Waals surface area contributed by atoms with Gasteiger partial charge in [0.1, 0.15) is 13.2 Å². The van der Waals surface area contributed by atoms with Crippen molar-refractivity contribution in [3.8, 4) is 0 Å². The number of allylic oxidation sites excluding steroid dienone is 2. The van der Waals surface area contributed by atoms with Gasteiger partial charge >= 0.3 is 11.9 Å². The lowest BCUT2D eigenvalue weighted by Crippen LogP contribution is -2.42. The molecular weight excluding hydrogens is 540 g/mol. The van der Waals surface area contributed by atoms with Crippen molar-refractivity contribution in [1.29, 1.82) is 0 Å². The van der Waals surface area contributed by atoms with Gasteiger partial charge in [-0.3, -0.25) is 20.2 Å². The molecule has 1 fully saturated rings. The molecule has 0 aromatic heterocycles. The number of hydrogen-bond acceptors (Lipinski definition) is 8. The monoisotopic (exact) mass is 570 g/mol. The Morgan fingerprint density at radius 2 is 1.24 bits per heavy atom. The van der Waals surface area contributed by atoms with Gasteiger partial charge in [-0.15, -0.1) is 0 Å². The molecular formula is C32H30N2O8. The molecule has 1 saturated carbocycles. The fourth-order valence-corrected chi connectivity index (χ4v) is 6.36. The molecule has 42 heavy (non-hydrogen) atoms. The minimum atomic E-state index is -0.798. The van der Waals surface area contributed by atoms with Crippen LogP contribution in [0.25, 0.3) is 0 Å². The highest BCUT2D eigenvalue weighted by molar-refractivity contribution is 5.90. The van der Waals surface area contributed by atoms with Gasteiger partial charge in [0, 0.05) is 30.2 Å². The Morgan fingerprint density at radius 3 is 1.69 bits per heavy atom. The molecule has 0 spiro atoms. The predicted octanol–water partition coefficient (Wildman–Crippen LogP) is 6.66. The fourth-order valence-electron chi connectivity index (χ4n) is 6.36. The van der Waals surface area contributed by atoms with Gasteiger partial charge in [0.2, 0.25) is 0 Å². The first-order valence-corrected chi connectivity index (χ1v) is 13.6. The number of nitrogens with zero attached hydrogens (tertiary/aromatic N) is 2. The van der Waals surface area contributed by atoms with Crippen LogP contribution in [0.4, 0.5) is 11.4 Å². The summed E-state index contributed by atoms with van der Waals surface area (Å²) in [6, 6.07) is 20.3. The number of nitro benzene ring substituents is 2. The van der Waals surface area contributed by atoms with Gasteiger partial charge in [-0.1, -0.05) is 55.8 Å². The Bertz CT molecular complexity index is 1470. The molecule has 0 bridgehead atoms. The molecule has 5 rings (SSSR count). The number of carbonyl (C=O) groups excluding carboxylic acids is 2. The maximum atomic E-state index is 13.2. The van der Waals surface area contributed by atoms with Crippen LogP contribution in [0, 0.1) is 37.0 Å². The zero-order valence-corrected chi connectivity index (χ0v) is 23.2. The molecule has 0 saturated heterocycles. The molecule has 0 heterocycles. The highest BCUT2D eigenvalue weighted by atomic mass is 16.6. The second-order valence-electron chi connectivity index (χ2n) is 11.6. The topological polar surface area (TPSA) is 139 Å². The van der Waals surface area contributed by atoms with Gasteiger partial charge in [0.15, 0.2) is 0 Å². The van der Waals surface area contributed by atoms with Crippen LogP contribution in [-0.4, -0.2) is 35.0 Å². The van der Waals surface area contributed by atoms with Gasteiger partial charge in [0.05, 0.1) is 26.4 Å². The van der Waals surface area contributed by atoms with Gasteiger partial charge in [-0.25, -0.2) is 9.59 Å². The Hall–Kier alpha value is -4.86. The van der Waals surface area contributed by atoms with Crippen LogP contribution in [0.5, 0.6) is 0 Å². The second-order valence-corrected chi connectivity index (χ2v) is 11.6. The van der Waals surface area contributed by atoms with Gasteiger partial charge < -0.3 is 9.47 Å². The number of carbonyl (C=O) groups is 2. The van der Waals surface area contributed by atoms with E-state index in [0.717, 1.165) is 12.0 Å². The third kappa shape index (κ3) is 5.65. The molecule has 2 atom stereocenters. The van der Waals surface area contributed by atoms with Crippen molar-refractivity contribution < 1.29 is 28.9 Å². The van der Waals surface area contributed by atoms with Crippen molar-refractivity contribution in [2.24, 2.45) is 16.7 Å². The van der Waals surface area contributed by atoms with E-state index in [1.807, 2.05) is 30.3 Å². The zero-order chi connectivity index (χ0) is 30.1. The van der Waals surface area contributed by atoms with Gasteiger partial charge in [-0.2, -0.15) is 0 Å². The van der Waals surface area contributed by atoms with E-state index in [0.29, 0.717) is 6.42 Å². The highest BCUT2D eigenvalue weighted by Crippen LogP contribution is 2.62. The van der Waals surface area contributed by atoms with Crippen LogP contribution in [0.2, 0.25) is 0 Å². The molecule has 10 nitrogen and oxygen atoms in total. The first kappa shape index (κ1) is 28.7. The largest absolute Gasteiger partial charge is 0.461 e. The minimum Gasteiger partial charge on any atom is -0.461 e. The Kier molecular flexibility index (Phi) is 7.64. The summed E-state index contributed by atoms with van der Waals surface area (Å²) in [7, 11) is 0. The van der Waals surface area contributed by atoms with Crippen LogP contribution >= 0.6 is 0 Å².